The van der Waals surface area contributed by atoms with Crippen molar-refractivity contribution in [3.05, 3.63) is 35.4 Å². The Kier molecular flexibility index (Phi) is 3.01. The molecule has 1 amide bonds. The number of amides is 1. The first-order valence-electron chi connectivity index (χ1n) is 5.30. The number of hydrogen-bond acceptors (Lipinski definition) is 3. The number of aliphatic hydroxyl groups excluding tert-OH is 1. The lowest BCUT2D eigenvalue weighted by atomic mass is 10.0. The van der Waals surface area contributed by atoms with E-state index in [9.17, 15) is 9.90 Å². The molecule has 0 saturated heterocycles. The molecule has 1 aromatic rings. The second-order valence-electron chi connectivity index (χ2n) is 3.89. The van der Waals surface area contributed by atoms with E-state index in [4.69, 9.17) is 0 Å². The van der Waals surface area contributed by atoms with Gasteiger partial charge < -0.3 is 5.11 Å². The van der Waals surface area contributed by atoms with Crippen LogP contribution >= 0.6 is 0 Å². The summed E-state index contributed by atoms with van der Waals surface area (Å²) < 4.78 is 0. The van der Waals surface area contributed by atoms with Crippen LogP contribution in [0.4, 0.5) is 0 Å². The Morgan fingerprint density at radius 3 is 2.50 bits per heavy atom. The average molecular weight is 218 g/mol. The maximum atomic E-state index is 10.9. The Morgan fingerprint density at radius 2 is 2.00 bits per heavy atom. The van der Waals surface area contributed by atoms with Crippen LogP contribution in [0.3, 0.4) is 0 Å². The van der Waals surface area contributed by atoms with Crippen molar-refractivity contribution in [3.63, 3.8) is 0 Å². The lowest BCUT2D eigenvalue weighted by molar-refractivity contribution is -0.121. The van der Waals surface area contributed by atoms with Crippen molar-refractivity contribution in [2.45, 2.75) is 25.9 Å². The summed E-state index contributed by atoms with van der Waals surface area (Å²) in [6.07, 6.45) is 0.693. The zero-order chi connectivity index (χ0) is 11.5. The molecule has 0 aromatic heterocycles. The first kappa shape index (κ1) is 10.8. The number of hydrazone groups is 1. The highest BCUT2D eigenvalue weighted by atomic mass is 16.3. The molecule has 2 N–H and O–H groups in total. The van der Waals surface area contributed by atoms with Crippen molar-refractivity contribution in [1.29, 1.82) is 0 Å². The molecule has 1 aliphatic rings. The Bertz CT molecular complexity index is 421. The third kappa shape index (κ3) is 2.28. The van der Waals surface area contributed by atoms with Gasteiger partial charge in [0.25, 0.3) is 0 Å². The van der Waals surface area contributed by atoms with Crippen LogP contribution in [-0.4, -0.2) is 16.7 Å². The second-order valence-corrected chi connectivity index (χ2v) is 3.89. The summed E-state index contributed by atoms with van der Waals surface area (Å²) in [5.74, 6) is -0.0376. The summed E-state index contributed by atoms with van der Waals surface area (Å²) >= 11 is 0. The largest absolute Gasteiger partial charge is 0.389 e. The number of rotatable bonds is 2. The number of nitrogens with zero attached hydrogens (tertiary/aromatic N) is 1. The van der Waals surface area contributed by atoms with Gasteiger partial charge in [-0.15, -0.1) is 0 Å². The van der Waals surface area contributed by atoms with Crippen molar-refractivity contribution in [2.24, 2.45) is 5.10 Å². The highest BCUT2D eigenvalue weighted by Gasteiger charge is 2.13. The molecule has 1 aliphatic heterocycles. The molecule has 0 spiro atoms. The van der Waals surface area contributed by atoms with Gasteiger partial charge in [0, 0.05) is 12.8 Å². The summed E-state index contributed by atoms with van der Waals surface area (Å²) in [4.78, 5) is 10.9. The lowest BCUT2D eigenvalue weighted by Crippen LogP contribution is -2.25. The lowest BCUT2D eigenvalue weighted by Gasteiger charge is -2.12. The van der Waals surface area contributed by atoms with E-state index in [-0.39, 0.29) is 5.91 Å². The molecule has 1 heterocycles. The van der Waals surface area contributed by atoms with Gasteiger partial charge in [0.15, 0.2) is 0 Å². The Labute approximate surface area is 94.0 Å². The molecular weight excluding hydrogens is 204 g/mol. The fraction of sp³-hybridized carbons (Fsp3) is 0.333. The third-order valence-corrected chi connectivity index (χ3v) is 2.63. The molecule has 1 aromatic carbocycles. The van der Waals surface area contributed by atoms with Gasteiger partial charge in [-0.1, -0.05) is 24.3 Å². The Balaban J connectivity index is 2.19. The highest BCUT2D eigenvalue weighted by Crippen LogP contribution is 2.15. The first-order valence-corrected chi connectivity index (χ1v) is 5.30. The second kappa shape index (κ2) is 4.45. The van der Waals surface area contributed by atoms with Gasteiger partial charge in [-0.05, 0) is 18.1 Å². The van der Waals surface area contributed by atoms with E-state index in [0.29, 0.717) is 12.8 Å². The predicted molar refractivity (Wildman–Crippen MR) is 61.0 cm³/mol. The molecule has 4 heteroatoms. The number of benzene rings is 1. The summed E-state index contributed by atoms with van der Waals surface area (Å²) in [6.45, 7) is 1.73. The van der Waals surface area contributed by atoms with E-state index in [1.54, 1.807) is 6.92 Å². The first-order chi connectivity index (χ1) is 7.66. The van der Waals surface area contributed by atoms with Crippen LogP contribution in [0.25, 0.3) is 0 Å². The van der Waals surface area contributed by atoms with Gasteiger partial charge in [0.1, 0.15) is 0 Å². The van der Waals surface area contributed by atoms with Crippen LogP contribution < -0.4 is 5.43 Å². The van der Waals surface area contributed by atoms with Crippen LogP contribution in [0, 0.1) is 0 Å². The molecule has 2 rings (SSSR count). The van der Waals surface area contributed by atoms with E-state index in [2.05, 4.69) is 10.5 Å². The maximum Gasteiger partial charge on any atom is 0.240 e. The van der Waals surface area contributed by atoms with E-state index in [1.807, 2.05) is 24.3 Å². The predicted octanol–water partition coefficient (Wildman–Crippen LogP) is 1.35. The molecule has 1 unspecified atom stereocenters. The van der Waals surface area contributed by atoms with E-state index >= 15 is 0 Å². The molecule has 0 aliphatic carbocycles. The molecule has 0 saturated carbocycles. The SMILES string of the molecule is CC(O)c1ccc(C2=NNC(=O)CC2)cc1. The normalized spacial score (nSPS) is 17.6. The molecular formula is C12H14N2O2. The van der Waals surface area contributed by atoms with Crippen LogP contribution in [0.15, 0.2) is 29.4 Å². The van der Waals surface area contributed by atoms with Gasteiger partial charge in [-0.25, -0.2) is 5.43 Å². The number of nitrogens with one attached hydrogen (secondary N) is 1. The molecule has 4 nitrogen and oxygen atoms in total. The van der Waals surface area contributed by atoms with Crippen molar-refractivity contribution < 1.29 is 9.90 Å². The number of hydrogen-bond donors (Lipinski definition) is 2. The maximum absolute atomic E-state index is 10.9. The molecule has 0 bridgehead atoms. The van der Waals surface area contributed by atoms with Gasteiger partial charge >= 0.3 is 0 Å². The summed E-state index contributed by atoms with van der Waals surface area (Å²) in [5, 5.41) is 13.4. The van der Waals surface area contributed by atoms with Gasteiger partial charge in [0.05, 0.1) is 11.8 Å². The van der Waals surface area contributed by atoms with Gasteiger partial charge in [-0.3, -0.25) is 4.79 Å². The summed E-state index contributed by atoms with van der Waals surface area (Å²) in [7, 11) is 0. The van der Waals surface area contributed by atoms with E-state index < -0.39 is 6.10 Å². The van der Waals surface area contributed by atoms with Gasteiger partial charge in [0.2, 0.25) is 5.91 Å². The van der Waals surface area contributed by atoms with Crippen LogP contribution in [0.2, 0.25) is 0 Å². The van der Waals surface area contributed by atoms with Gasteiger partial charge in [-0.2, -0.15) is 5.10 Å². The van der Waals surface area contributed by atoms with Crippen molar-refractivity contribution in [3.8, 4) is 0 Å². The topological polar surface area (TPSA) is 61.7 Å². The van der Waals surface area contributed by atoms with Crippen molar-refractivity contribution in [1.82, 2.24) is 5.43 Å². The molecule has 0 radical (unpaired) electrons. The molecule has 0 fully saturated rings. The zero-order valence-corrected chi connectivity index (χ0v) is 9.10. The fourth-order valence-electron chi connectivity index (χ4n) is 1.64. The summed E-state index contributed by atoms with van der Waals surface area (Å²) in [5.41, 5.74) is 5.22. The molecule has 16 heavy (non-hydrogen) atoms. The Morgan fingerprint density at radius 1 is 1.31 bits per heavy atom. The number of aliphatic hydroxyl groups is 1. The van der Waals surface area contributed by atoms with Crippen molar-refractivity contribution >= 4 is 11.6 Å². The zero-order valence-electron chi connectivity index (χ0n) is 9.10. The minimum absolute atomic E-state index is 0.0376. The van der Waals surface area contributed by atoms with Crippen LogP contribution in [0.1, 0.15) is 37.0 Å². The average Bonchev–Trinajstić information content (AvgIpc) is 2.30. The minimum atomic E-state index is -0.456. The van der Waals surface area contributed by atoms with E-state index in [1.165, 1.54) is 0 Å². The van der Waals surface area contributed by atoms with Crippen LogP contribution in [-0.2, 0) is 4.79 Å². The third-order valence-electron chi connectivity index (χ3n) is 2.63. The quantitative estimate of drug-likeness (QED) is 0.787. The van der Waals surface area contributed by atoms with E-state index in [0.717, 1.165) is 16.8 Å². The standard InChI is InChI=1S/C12H14N2O2/c1-8(15)9-2-4-10(5-3-9)11-6-7-12(16)14-13-11/h2-5,8,15H,6-7H2,1H3,(H,14,16). The summed E-state index contributed by atoms with van der Waals surface area (Å²) in [6, 6.07) is 7.58. The fourth-order valence-corrected chi connectivity index (χ4v) is 1.64. The number of carbonyl (C=O) groups excluding carboxylic acids is 1. The Hall–Kier alpha value is -1.68. The minimum Gasteiger partial charge on any atom is -0.389 e. The number of carbonyl (C=O) groups is 1. The van der Waals surface area contributed by atoms with Crippen LogP contribution in [0.5, 0.6) is 0 Å². The monoisotopic (exact) mass is 218 g/mol. The van der Waals surface area contributed by atoms with Crippen molar-refractivity contribution in [2.75, 3.05) is 0 Å². The smallest absolute Gasteiger partial charge is 0.240 e. The molecule has 1 atom stereocenters. The molecule has 84 valence electrons. The highest BCUT2D eigenvalue weighted by molar-refractivity contribution is 6.04.